The van der Waals surface area contributed by atoms with Crippen molar-refractivity contribution in [3.63, 3.8) is 0 Å². The molecule has 0 bridgehead atoms. The van der Waals surface area contributed by atoms with Crippen LogP contribution in [-0.2, 0) is 4.79 Å². The summed E-state index contributed by atoms with van der Waals surface area (Å²) in [6.07, 6.45) is 1.00. The third-order valence-corrected chi connectivity index (χ3v) is 1.59. The molecule has 8 heavy (non-hydrogen) atoms. The van der Waals surface area contributed by atoms with Crippen LogP contribution in [0.15, 0.2) is 0 Å². The van der Waals surface area contributed by atoms with Crippen LogP contribution in [0, 0.1) is 11.8 Å². The monoisotopic (exact) mass is 114 g/mol. The topological polar surface area (TPSA) is 55.1 Å². The van der Waals surface area contributed by atoms with Crippen LogP contribution >= 0.6 is 0 Å². The van der Waals surface area contributed by atoms with Gasteiger partial charge in [-0.1, -0.05) is 6.92 Å². The Labute approximate surface area is 48.2 Å². The highest BCUT2D eigenvalue weighted by Gasteiger charge is 2.38. The molecule has 1 aliphatic carbocycles. The fourth-order valence-corrected chi connectivity index (χ4v) is 0.794. The molecule has 3 nitrogen and oxygen atoms in total. The highest BCUT2D eigenvalue weighted by Crippen LogP contribution is 2.37. The minimum Gasteiger partial charge on any atom is -0.294 e. The van der Waals surface area contributed by atoms with Crippen LogP contribution < -0.4 is 11.3 Å². The fourth-order valence-electron chi connectivity index (χ4n) is 0.794. The van der Waals surface area contributed by atoms with E-state index in [1.165, 1.54) is 0 Å². The van der Waals surface area contributed by atoms with Gasteiger partial charge in [-0.25, -0.2) is 5.84 Å². The molecule has 1 rings (SSSR count). The van der Waals surface area contributed by atoms with Gasteiger partial charge in [0.25, 0.3) is 0 Å². The number of rotatable bonds is 1. The van der Waals surface area contributed by atoms with Gasteiger partial charge in [-0.2, -0.15) is 0 Å². The minimum absolute atomic E-state index is 0.0162. The molecular weight excluding hydrogens is 104 g/mol. The number of hydrogen-bond donors (Lipinski definition) is 2. The van der Waals surface area contributed by atoms with Gasteiger partial charge in [-0.05, 0) is 12.3 Å². The molecule has 0 aromatic heterocycles. The smallest absolute Gasteiger partial charge is 0.237 e. The maximum absolute atomic E-state index is 10.5. The second-order valence-corrected chi connectivity index (χ2v) is 2.33. The Balaban J connectivity index is 2.28. The average Bonchev–Trinajstić information content (AvgIpc) is 2.45. The van der Waals surface area contributed by atoms with Crippen LogP contribution in [-0.4, -0.2) is 5.91 Å². The first-order chi connectivity index (χ1) is 3.75. The molecule has 0 aromatic carbocycles. The highest BCUT2D eigenvalue weighted by molar-refractivity contribution is 5.80. The number of nitrogens with two attached hydrogens (primary N) is 1. The van der Waals surface area contributed by atoms with Crippen LogP contribution in [0.5, 0.6) is 0 Å². The summed E-state index contributed by atoms with van der Waals surface area (Å²) in [5.74, 6) is 5.62. The largest absolute Gasteiger partial charge is 0.294 e. The van der Waals surface area contributed by atoms with Crippen LogP contribution in [0.25, 0.3) is 0 Å². The standard InChI is InChI=1S/C5H10N2O/c1-3-2-4(3)5(8)7-6/h3-4H,2,6H2,1H3,(H,7,8)/t3-,4-/m0/s1. The number of carbonyl (C=O) groups is 1. The zero-order chi connectivity index (χ0) is 6.15. The van der Waals surface area contributed by atoms with Crippen molar-refractivity contribution in [2.24, 2.45) is 17.7 Å². The first-order valence-electron chi connectivity index (χ1n) is 2.76. The average molecular weight is 114 g/mol. The van der Waals surface area contributed by atoms with E-state index < -0.39 is 0 Å². The molecule has 0 aromatic rings. The molecule has 3 heteroatoms. The lowest BCUT2D eigenvalue weighted by Gasteiger charge is -1.91. The first-order valence-corrected chi connectivity index (χ1v) is 2.76. The van der Waals surface area contributed by atoms with Crippen LogP contribution in [0.3, 0.4) is 0 Å². The zero-order valence-electron chi connectivity index (χ0n) is 4.85. The lowest BCUT2D eigenvalue weighted by atomic mass is 10.3. The summed E-state index contributed by atoms with van der Waals surface area (Å²) >= 11 is 0. The van der Waals surface area contributed by atoms with Crippen molar-refractivity contribution in [2.75, 3.05) is 0 Å². The van der Waals surface area contributed by atoms with E-state index in [-0.39, 0.29) is 11.8 Å². The van der Waals surface area contributed by atoms with Gasteiger partial charge >= 0.3 is 0 Å². The molecule has 2 atom stereocenters. The number of hydrogen-bond acceptors (Lipinski definition) is 2. The number of carbonyl (C=O) groups excluding carboxylic acids is 1. The molecule has 0 aliphatic heterocycles. The Kier molecular flexibility index (Phi) is 1.21. The van der Waals surface area contributed by atoms with Crippen molar-refractivity contribution >= 4 is 5.91 Å². The van der Waals surface area contributed by atoms with Crippen LogP contribution in [0.4, 0.5) is 0 Å². The first kappa shape index (κ1) is 5.56. The molecule has 0 radical (unpaired) electrons. The van der Waals surface area contributed by atoms with Gasteiger partial charge in [0.15, 0.2) is 0 Å². The maximum Gasteiger partial charge on any atom is 0.237 e. The van der Waals surface area contributed by atoms with Gasteiger partial charge in [-0.15, -0.1) is 0 Å². The van der Waals surface area contributed by atoms with Crippen molar-refractivity contribution in [1.82, 2.24) is 5.43 Å². The molecule has 46 valence electrons. The summed E-state index contributed by atoms with van der Waals surface area (Å²) in [4.78, 5) is 10.5. The molecule has 0 unspecified atom stereocenters. The van der Waals surface area contributed by atoms with Gasteiger partial charge in [-0.3, -0.25) is 10.2 Å². The molecule has 3 N–H and O–H groups in total. The fraction of sp³-hybridized carbons (Fsp3) is 0.800. The van der Waals surface area contributed by atoms with Crippen LogP contribution in [0.2, 0.25) is 0 Å². The quantitative estimate of drug-likeness (QED) is 0.277. The van der Waals surface area contributed by atoms with Gasteiger partial charge in [0, 0.05) is 5.92 Å². The molecular formula is C5H10N2O. The van der Waals surface area contributed by atoms with Crippen molar-refractivity contribution in [1.29, 1.82) is 0 Å². The van der Waals surface area contributed by atoms with Crippen LogP contribution in [0.1, 0.15) is 13.3 Å². The maximum atomic E-state index is 10.5. The highest BCUT2D eigenvalue weighted by atomic mass is 16.2. The van der Waals surface area contributed by atoms with E-state index in [9.17, 15) is 4.79 Å². The molecule has 1 fully saturated rings. The van der Waals surface area contributed by atoms with E-state index in [2.05, 4.69) is 5.43 Å². The third kappa shape index (κ3) is 0.816. The second kappa shape index (κ2) is 1.74. The molecule has 0 heterocycles. The summed E-state index contributed by atoms with van der Waals surface area (Å²) in [6.45, 7) is 2.04. The van der Waals surface area contributed by atoms with Crippen molar-refractivity contribution in [3.05, 3.63) is 0 Å². The van der Waals surface area contributed by atoms with Gasteiger partial charge < -0.3 is 0 Å². The lowest BCUT2D eigenvalue weighted by Crippen LogP contribution is -2.31. The number of hydrazine groups is 1. The van der Waals surface area contributed by atoms with Crippen molar-refractivity contribution in [3.8, 4) is 0 Å². The van der Waals surface area contributed by atoms with E-state index in [0.717, 1.165) is 6.42 Å². The molecule has 0 saturated heterocycles. The Morgan fingerprint density at radius 3 is 2.50 bits per heavy atom. The lowest BCUT2D eigenvalue weighted by molar-refractivity contribution is -0.122. The van der Waals surface area contributed by atoms with E-state index >= 15 is 0 Å². The number of nitrogens with one attached hydrogen (secondary N) is 1. The van der Waals surface area contributed by atoms with E-state index in [0.29, 0.717) is 5.92 Å². The Morgan fingerprint density at radius 1 is 1.88 bits per heavy atom. The second-order valence-electron chi connectivity index (χ2n) is 2.33. The van der Waals surface area contributed by atoms with Gasteiger partial charge in [0.2, 0.25) is 5.91 Å². The summed E-state index contributed by atoms with van der Waals surface area (Å²) in [5, 5.41) is 0. The SMILES string of the molecule is C[C@H]1C[C@@H]1C(=O)NN. The van der Waals surface area contributed by atoms with E-state index in [1.54, 1.807) is 0 Å². The van der Waals surface area contributed by atoms with Gasteiger partial charge in [0.05, 0.1) is 0 Å². The summed E-state index contributed by atoms with van der Waals surface area (Å²) < 4.78 is 0. The summed E-state index contributed by atoms with van der Waals surface area (Å²) in [6, 6.07) is 0. The normalized spacial score (nSPS) is 34.2. The molecule has 1 aliphatic rings. The Morgan fingerprint density at radius 2 is 2.38 bits per heavy atom. The van der Waals surface area contributed by atoms with E-state index in [1.807, 2.05) is 6.92 Å². The minimum atomic E-state index is -0.0162. The predicted octanol–water partition coefficient (Wildman–Crippen LogP) is -0.368. The zero-order valence-corrected chi connectivity index (χ0v) is 4.85. The van der Waals surface area contributed by atoms with E-state index in [4.69, 9.17) is 5.84 Å². The Bertz CT molecular complexity index is 113. The molecule has 1 amide bonds. The Hall–Kier alpha value is -0.570. The summed E-state index contributed by atoms with van der Waals surface area (Å²) in [7, 11) is 0. The molecule has 1 saturated carbocycles. The molecule has 0 spiro atoms. The van der Waals surface area contributed by atoms with Crippen molar-refractivity contribution < 1.29 is 4.79 Å². The summed E-state index contributed by atoms with van der Waals surface area (Å²) in [5.41, 5.74) is 2.12. The van der Waals surface area contributed by atoms with Gasteiger partial charge in [0.1, 0.15) is 0 Å². The third-order valence-electron chi connectivity index (χ3n) is 1.59. The number of amides is 1. The van der Waals surface area contributed by atoms with Crippen molar-refractivity contribution in [2.45, 2.75) is 13.3 Å². The predicted molar refractivity (Wildman–Crippen MR) is 29.6 cm³/mol.